The summed E-state index contributed by atoms with van der Waals surface area (Å²) in [5.41, 5.74) is 1.39. The monoisotopic (exact) mass is 346 g/mol. The van der Waals surface area contributed by atoms with E-state index in [-0.39, 0.29) is 40.3 Å². The lowest BCUT2D eigenvalue weighted by Crippen LogP contribution is -2.21. The van der Waals surface area contributed by atoms with Gasteiger partial charge in [-0.3, -0.25) is 24.3 Å². The van der Waals surface area contributed by atoms with Crippen LogP contribution in [0.15, 0.2) is 36.4 Å². The number of Topliss-reactive ketones (excluding diaryl/α,β-unsaturated/α-hetero) is 2. The third kappa shape index (κ3) is 2.15. The Morgan fingerprint density at radius 2 is 1.65 bits per heavy atom. The maximum atomic E-state index is 12.9. The molecule has 128 valence electrons. The number of aromatic amines is 1. The molecule has 1 N–H and O–H groups in total. The second kappa shape index (κ2) is 5.84. The van der Waals surface area contributed by atoms with Crippen molar-refractivity contribution in [2.75, 3.05) is 0 Å². The first-order valence-electron chi connectivity index (χ1n) is 8.31. The summed E-state index contributed by atoms with van der Waals surface area (Å²) >= 11 is 0. The molecule has 1 aliphatic carbocycles. The molecule has 6 nitrogen and oxygen atoms in total. The van der Waals surface area contributed by atoms with Crippen molar-refractivity contribution in [2.24, 2.45) is 0 Å². The Morgan fingerprint density at radius 1 is 0.962 bits per heavy atom. The van der Waals surface area contributed by atoms with Gasteiger partial charge in [-0.2, -0.15) is 5.10 Å². The van der Waals surface area contributed by atoms with Crippen molar-refractivity contribution in [3.05, 3.63) is 64.3 Å². The maximum absolute atomic E-state index is 12.9. The standard InChI is InChI=1S/C20H14N2O4/c1-2-5-14(23)20(26)17-13-9-8-12-15(16(13)21-22-17)19(25)11-7-4-3-6-10(11)18(12)24/h3-4,6-9H,2,5H2,1H3,(H,21,22). The van der Waals surface area contributed by atoms with Crippen LogP contribution in [0, 0.1) is 0 Å². The van der Waals surface area contributed by atoms with Crippen LogP contribution in [0.5, 0.6) is 0 Å². The van der Waals surface area contributed by atoms with Crippen molar-refractivity contribution >= 4 is 34.0 Å². The number of nitrogens with one attached hydrogen (secondary N) is 1. The van der Waals surface area contributed by atoms with Crippen LogP contribution in [0.3, 0.4) is 0 Å². The number of hydrogen-bond acceptors (Lipinski definition) is 5. The lowest BCUT2D eigenvalue weighted by molar-refractivity contribution is -0.115. The number of hydrogen-bond donors (Lipinski definition) is 1. The molecule has 1 heterocycles. The van der Waals surface area contributed by atoms with Gasteiger partial charge >= 0.3 is 0 Å². The highest BCUT2D eigenvalue weighted by atomic mass is 16.2. The van der Waals surface area contributed by atoms with E-state index in [1.165, 1.54) is 6.07 Å². The molecule has 0 saturated heterocycles. The van der Waals surface area contributed by atoms with Crippen LogP contribution >= 0.6 is 0 Å². The molecule has 2 aromatic carbocycles. The molecule has 0 spiro atoms. The van der Waals surface area contributed by atoms with Gasteiger partial charge in [-0.15, -0.1) is 0 Å². The molecule has 0 aliphatic heterocycles. The van der Waals surface area contributed by atoms with Gasteiger partial charge in [-0.1, -0.05) is 31.2 Å². The summed E-state index contributed by atoms with van der Waals surface area (Å²) in [6.07, 6.45) is 0.713. The van der Waals surface area contributed by atoms with Gasteiger partial charge in [0.1, 0.15) is 11.2 Å². The minimum Gasteiger partial charge on any atom is -0.290 e. The zero-order valence-electron chi connectivity index (χ0n) is 14.0. The fraction of sp³-hybridized carbons (Fsp3) is 0.150. The molecule has 4 rings (SSSR count). The van der Waals surface area contributed by atoms with E-state index in [1.807, 2.05) is 6.92 Å². The molecule has 0 saturated carbocycles. The van der Waals surface area contributed by atoms with Crippen LogP contribution in [0.25, 0.3) is 10.9 Å². The fourth-order valence-electron chi connectivity index (χ4n) is 3.31. The molecule has 3 aromatic rings. The zero-order chi connectivity index (χ0) is 18.4. The van der Waals surface area contributed by atoms with E-state index < -0.39 is 11.6 Å². The second-order valence-electron chi connectivity index (χ2n) is 6.19. The quantitative estimate of drug-likeness (QED) is 0.453. The Kier molecular flexibility index (Phi) is 3.61. The summed E-state index contributed by atoms with van der Waals surface area (Å²) in [5.74, 6) is -1.74. The summed E-state index contributed by atoms with van der Waals surface area (Å²) in [6.45, 7) is 1.81. The van der Waals surface area contributed by atoms with Gasteiger partial charge in [0, 0.05) is 28.5 Å². The first-order valence-corrected chi connectivity index (χ1v) is 8.31. The first kappa shape index (κ1) is 16.1. The fourth-order valence-corrected chi connectivity index (χ4v) is 3.31. The third-order valence-electron chi connectivity index (χ3n) is 4.57. The highest BCUT2D eigenvalue weighted by Crippen LogP contribution is 2.32. The summed E-state index contributed by atoms with van der Waals surface area (Å²) in [4.78, 5) is 49.9. The number of ketones is 4. The van der Waals surface area contributed by atoms with E-state index in [4.69, 9.17) is 0 Å². The molecule has 0 bridgehead atoms. The largest absolute Gasteiger partial charge is 0.290 e. The Morgan fingerprint density at radius 3 is 2.35 bits per heavy atom. The van der Waals surface area contributed by atoms with E-state index >= 15 is 0 Å². The lowest BCUT2D eigenvalue weighted by Gasteiger charge is -2.17. The number of aromatic nitrogens is 2. The Hall–Kier alpha value is -3.41. The van der Waals surface area contributed by atoms with Gasteiger partial charge < -0.3 is 0 Å². The van der Waals surface area contributed by atoms with Crippen molar-refractivity contribution < 1.29 is 19.2 Å². The predicted octanol–water partition coefficient (Wildman–Crippen LogP) is 2.89. The van der Waals surface area contributed by atoms with Gasteiger partial charge in [-0.25, -0.2) is 0 Å². The van der Waals surface area contributed by atoms with Gasteiger partial charge in [0.25, 0.3) is 0 Å². The number of H-pyrrole nitrogens is 1. The number of carbonyl (C=O) groups excluding carboxylic acids is 4. The third-order valence-corrected chi connectivity index (χ3v) is 4.57. The molecule has 1 aromatic heterocycles. The van der Waals surface area contributed by atoms with Crippen molar-refractivity contribution in [2.45, 2.75) is 19.8 Å². The Labute approximate surface area is 148 Å². The smallest absolute Gasteiger partial charge is 0.246 e. The second-order valence-corrected chi connectivity index (χ2v) is 6.19. The van der Waals surface area contributed by atoms with Crippen molar-refractivity contribution in [3.8, 4) is 0 Å². The van der Waals surface area contributed by atoms with Gasteiger partial charge in [0.2, 0.25) is 11.6 Å². The van der Waals surface area contributed by atoms with Gasteiger partial charge in [0.05, 0.1) is 5.56 Å². The van der Waals surface area contributed by atoms with Crippen LogP contribution in [-0.2, 0) is 4.79 Å². The summed E-state index contributed by atoms with van der Waals surface area (Å²) in [7, 11) is 0. The summed E-state index contributed by atoms with van der Waals surface area (Å²) < 4.78 is 0. The molecule has 1 aliphatic rings. The first-order chi connectivity index (χ1) is 12.5. The van der Waals surface area contributed by atoms with Crippen LogP contribution in [0.1, 0.15) is 62.1 Å². The topological polar surface area (TPSA) is 97.0 Å². The van der Waals surface area contributed by atoms with E-state index in [0.29, 0.717) is 22.9 Å². The van der Waals surface area contributed by atoms with Crippen molar-refractivity contribution in [1.82, 2.24) is 10.2 Å². The van der Waals surface area contributed by atoms with Crippen LogP contribution in [0.2, 0.25) is 0 Å². The minimum atomic E-state index is -0.663. The van der Waals surface area contributed by atoms with E-state index in [9.17, 15) is 19.2 Å². The average Bonchev–Trinajstić information content (AvgIpc) is 3.09. The number of fused-ring (bicyclic) bond motifs is 4. The number of benzene rings is 2. The molecule has 0 atom stereocenters. The molecular formula is C20H14N2O4. The highest BCUT2D eigenvalue weighted by molar-refractivity contribution is 6.45. The van der Waals surface area contributed by atoms with E-state index in [2.05, 4.69) is 10.2 Å². The molecule has 6 heteroatoms. The van der Waals surface area contributed by atoms with Crippen molar-refractivity contribution in [1.29, 1.82) is 0 Å². The van der Waals surface area contributed by atoms with Gasteiger partial charge in [-0.05, 0) is 18.6 Å². The molecule has 0 unspecified atom stereocenters. The average molecular weight is 346 g/mol. The normalized spacial score (nSPS) is 12.8. The predicted molar refractivity (Wildman–Crippen MR) is 93.6 cm³/mol. The van der Waals surface area contributed by atoms with E-state index in [1.54, 1.807) is 30.3 Å². The van der Waals surface area contributed by atoms with E-state index in [0.717, 1.165) is 0 Å². The number of nitrogens with zero attached hydrogens (tertiary/aromatic N) is 1. The molecule has 0 radical (unpaired) electrons. The molecular weight excluding hydrogens is 332 g/mol. The van der Waals surface area contributed by atoms with Crippen molar-refractivity contribution in [3.63, 3.8) is 0 Å². The summed E-state index contributed by atoms with van der Waals surface area (Å²) in [6, 6.07) is 9.69. The number of carbonyl (C=O) groups is 4. The maximum Gasteiger partial charge on any atom is 0.246 e. The highest BCUT2D eigenvalue weighted by Gasteiger charge is 2.33. The van der Waals surface area contributed by atoms with Gasteiger partial charge in [0.15, 0.2) is 11.6 Å². The Balaban J connectivity index is 1.91. The van der Waals surface area contributed by atoms with Crippen LogP contribution in [0.4, 0.5) is 0 Å². The van der Waals surface area contributed by atoms with Crippen LogP contribution < -0.4 is 0 Å². The zero-order valence-corrected chi connectivity index (χ0v) is 14.0. The molecule has 0 fully saturated rings. The Bertz CT molecular complexity index is 1120. The van der Waals surface area contributed by atoms with Crippen LogP contribution in [-0.4, -0.2) is 33.3 Å². The molecule has 0 amide bonds. The summed E-state index contributed by atoms with van der Waals surface area (Å²) in [5, 5.41) is 7.03. The SMILES string of the molecule is CCCC(=O)C(=O)c1[nH]nc2c3c(ccc12)C(=O)c1ccccc1C3=O. The molecule has 26 heavy (non-hydrogen) atoms. The minimum absolute atomic E-state index is 0.0559. The lowest BCUT2D eigenvalue weighted by atomic mass is 9.83. The number of rotatable bonds is 4.